The third-order valence-electron chi connectivity index (χ3n) is 2.95. The topological polar surface area (TPSA) is 49.5 Å². The second-order valence-electron chi connectivity index (χ2n) is 4.23. The number of hydrogen-bond acceptors (Lipinski definition) is 3. The highest BCUT2D eigenvalue weighted by atomic mass is 16.3. The van der Waals surface area contributed by atoms with Gasteiger partial charge in [0.25, 0.3) is 0 Å². The average Bonchev–Trinajstić information content (AvgIpc) is 2.25. The van der Waals surface area contributed by atoms with E-state index in [-0.39, 0.29) is 5.75 Å². The van der Waals surface area contributed by atoms with E-state index >= 15 is 0 Å². The number of likely N-dealkylation sites (tertiary alicyclic amines) is 1. The summed E-state index contributed by atoms with van der Waals surface area (Å²) in [5, 5.41) is 9.31. The summed E-state index contributed by atoms with van der Waals surface area (Å²) >= 11 is 0. The molecule has 0 aliphatic carbocycles. The van der Waals surface area contributed by atoms with Crippen molar-refractivity contribution in [3.05, 3.63) is 23.8 Å². The molecule has 0 bridgehead atoms. The van der Waals surface area contributed by atoms with Crippen LogP contribution >= 0.6 is 0 Å². The van der Waals surface area contributed by atoms with Crippen LogP contribution in [-0.4, -0.2) is 23.1 Å². The molecule has 1 aromatic carbocycles. The Bertz CT molecular complexity index is 332. The molecule has 1 aromatic rings. The summed E-state index contributed by atoms with van der Waals surface area (Å²) < 4.78 is 0. The largest absolute Gasteiger partial charge is 0.506 e. The minimum Gasteiger partial charge on any atom is -0.506 e. The Morgan fingerprint density at radius 2 is 1.93 bits per heavy atom. The van der Waals surface area contributed by atoms with Crippen molar-refractivity contribution in [2.24, 2.45) is 0 Å². The van der Waals surface area contributed by atoms with Crippen molar-refractivity contribution >= 4 is 5.69 Å². The zero-order valence-electron chi connectivity index (χ0n) is 8.95. The lowest BCUT2D eigenvalue weighted by molar-refractivity contribution is 0.221. The molecule has 3 heteroatoms. The number of nitrogens with two attached hydrogens (primary N) is 1. The number of phenols is 1. The highest BCUT2D eigenvalue weighted by Crippen LogP contribution is 2.22. The van der Waals surface area contributed by atoms with E-state index in [1.165, 1.54) is 37.9 Å². The Morgan fingerprint density at radius 1 is 1.20 bits per heavy atom. The third kappa shape index (κ3) is 2.63. The van der Waals surface area contributed by atoms with E-state index in [9.17, 15) is 5.11 Å². The summed E-state index contributed by atoms with van der Waals surface area (Å²) in [4.78, 5) is 2.44. The molecule has 1 aliphatic rings. The van der Waals surface area contributed by atoms with Gasteiger partial charge in [-0.15, -0.1) is 0 Å². The van der Waals surface area contributed by atoms with E-state index in [2.05, 4.69) is 4.90 Å². The summed E-state index contributed by atoms with van der Waals surface area (Å²) in [5.41, 5.74) is 7.32. The van der Waals surface area contributed by atoms with Crippen LogP contribution in [0.25, 0.3) is 0 Å². The van der Waals surface area contributed by atoms with Gasteiger partial charge in [-0.05, 0) is 43.6 Å². The summed E-state index contributed by atoms with van der Waals surface area (Å²) in [6.45, 7) is 3.31. The first-order valence-corrected chi connectivity index (χ1v) is 5.55. The molecule has 1 aliphatic heterocycles. The van der Waals surface area contributed by atoms with Gasteiger partial charge in [-0.1, -0.05) is 12.5 Å². The van der Waals surface area contributed by atoms with Crippen LogP contribution in [0.1, 0.15) is 24.8 Å². The first-order valence-electron chi connectivity index (χ1n) is 5.55. The lowest BCUT2D eigenvalue weighted by Crippen LogP contribution is -2.29. The van der Waals surface area contributed by atoms with Gasteiger partial charge >= 0.3 is 0 Å². The summed E-state index contributed by atoms with van der Waals surface area (Å²) in [6, 6.07) is 5.48. The molecule has 1 saturated heterocycles. The molecule has 0 amide bonds. The summed E-state index contributed by atoms with van der Waals surface area (Å²) in [7, 11) is 0. The van der Waals surface area contributed by atoms with Crippen LogP contribution in [0.3, 0.4) is 0 Å². The number of aromatic hydroxyl groups is 1. The van der Waals surface area contributed by atoms with Gasteiger partial charge in [0.05, 0.1) is 5.69 Å². The molecule has 0 aromatic heterocycles. The summed E-state index contributed by atoms with van der Waals surface area (Å²) in [6.07, 6.45) is 3.95. The van der Waals surface area contributed by atoms with E-state index in [4.69, 9.17) is 5.73 Å². The lowest BCUT2D eigenvalue weighted by Gasteiger charge is -2.26. The highest BCUT2D eigenvalue weighted by molar-refractivity contribution is 5.53. The molecular weight excluding hydrogens is 188 g/mol. The maximum Gasteiger partial charge on any atom is 0.138 e. The second-order valence-corrected chi connectivity index (χ2v) is 4.23. The van der Waals surface area contributed by atoms with E-state index < -0.39 is 0 Å². The number of benzene rings is 1. The van der Waals surface area contributed by atoms with Crippen LogP contribution in [0.4, 0.5) is 5.69 Å². The van der Waals surface area contributed by atoms with E-state index in [1.807, 2.05) is 12.1 Å². The van der Waals surface area contributed by atoms with Crippen LogP contribution in [0.2, 0.25) is 0 Å². The van der Waals surface area contributed by atoms with Crippen LogP contribution in [0, 0.1) is 0 Å². The maximum atomic E-state index is 9.31. The van der Waals surface area contributed by atoms with Gasteiger partial charge < -0.3 is 10.8 Å². The van der Waals surface area contributed by atoms with Crippen molar-refractivity contribution in [2.75, 3.05) is 18.8 Å². The van der Waals surface area contributed by atoms with Gasteiger partial charge in [-0.2, -0.15) is 0 Å². The molecule has 3 nitrogen and oxygen atoms in total. The molecule has 0 unspecified atom stereocenters. The highest BCUT2D eigenvalue weighted by Gasteiger charge is 2.10. The smallest absolute Gasteiger partial charge is 0.138 e. The van der Waals surface area contributed by atoms with Crippen LogP contribution in [0.5, 0.6) is 5.75 Å². The minimum atomic E-state index is 0.178. The van der Waals surface area contributed by atoms with Crippen molar-refractivity contribution < 1.29 is 5.11 Å². The van der Waals surface area contributed by atoms with Crippen LogP contribution in [-0.2, 0) is 6.54 Å². The van der Waals surface area contributed by atoms with Gasteiger partial charge in [-0.25, -0.2) is 0 Å². The van der Waals surface area contributed by atoms with Crippen molar-refractivity contribution in [3.8, 4) is 5.75 Å². The molecule has 0 atom stereocenters. The fourth-order valence-electron chi connectivity index (χ4n) is 2.08. The summed E-state index contributed by atoms with van der Waals surface area (Å²) in [5.74, 6) is 0.178. The number of hydrogen-bond donors (Lipinski definition) is 2. The van der Waals surface area contributed by atoms with Crippen LogP contribution < -0.4 is 5.73 Å². The van der Waals surface area contributed by atoms with Crippen molar-refractivity contribution in [1.82, 2.24) is 4.90 Å². The molecule has 1 heterocycles. The molecular formula is C12H18N2O. The molecule has 0 radical (unpaired) electrons. The molecule has 0 spiro atoms. The average molecular weight is 206 g/mol. The second kappa shape index (κ2) is 4.53. The normalized spacial score (nSPS) is 17.9. The van der Waals surface area contributed by atoms with Crippen molar-refractivity contribution in [1.29, 1.82) is 0 Å². The maximum absolute atomic E-state index is 9.31. The Balaban J connectivity index is 2.00. The SMILES string of the molecule is Nc1cc(CN2CCCCC2)ccc1O. The fraction of sp³-hybridized carbons (Fsp3) is 0.500. The quantitative estimate of drug-likeness (QED) is 0.574. The zero-order valence-corrected chi connectivity index (χ0v) is 8.95. The molecule has 1 fully saturated rings. The first-order chi connectivity index (χ1) is 7.25. The Hall–Kier alpha value is -1.22. The Labute approximate surface area is 90.5 Å². The first kappa shape index (κ1) is 10.3. The third-order valence-corrected chi connectivity index (χ3v) is 2.95. The van der Waals surface area contributed by atoms with Crippen molar-refractivity contribution in [2.45, 2.75) is 25.8 Å². The molecule has 3 N–H and O–H groups in total. The van der Waals surface area contributed by atoms with Gasteiger partial charge in [0.2, 0.25) is 0 Å². The Kier molecular flexibility index (Phi) is 3.11. The predicted octanol–water partition coefficient (Wildman–Crippen LogP) is 1.96. The number of piperidine rings is 1. The molecule has 15 heavy (non-hydrogen) atoms. The van der Waals surface area contributed by atoms with Crippen LogP contribution in [0.15, 0.2) is 18.2 Å². The van der Waals surface area contributed by atoms with Crippen molar-refractivity contribution in [3.63, 3.8) is 0 Å². The van der Waals surface area contributed by atoms with E-state index in [0.717, 1.165) is 6.54 Å². The number of phenolic OH excluding ortho intramolecular Hbond substituents is 1. The fourth-order valence-corrected chi connectivity index (χ4v) is 2.08. The standard InChI is InChI=1S/C12H18N2O/c13-11-8-10(4-5-12(11)15)9-14-6-2-1-3-7-14/h4-5,8,15H,1-3,6-7,9,13H2. The van der Waals surface area contributed by atoms with Gasteiger partial charge in [0.15, 0.2) is 0 Å². The van der Waals surface area contributed by atoms with E-state index in [1.54, 1.807) is 6.07 Å². The monoisotopic (exact) mass is 206 g/mol. The van der Waals surface area contributed by atoms with E-state index in [0.29, 0.717) is 5.69 Å². The van der Waals surface area contributed by atoms with Gasteiger partial charge in [-0.3, -0.25) is 4.90 Å². The molecule has 82 valence electrons. The van der Waals surface area contributed by atoms with Gasteiger partial charge in [0, 0.05) is 6.54 Å². The Morgan fingerprint density at radius 3 is 2.60 bits per heavy atom. The molecule has 0 saturated carbocycles. The number of anilines is 1. The minimum absolute atomic E-state index is 0.178. The van der Waals surface area contributed by atoms with Gasteiger partial charge in [0.1, 0.15) is 5.75 Å². The lowest BCUT2D eigenvalue weighted by atomic mass is 10.1. The predicted molar refractivity (Wildman–Crippen MR) is 61.6 cm³/mol. The number of nitrogens with zero attached hydrogens (tertiary/aromatic N) is 1. The number of nitrogen functional groups attached to an aromatic ring is 1. The molecule has 2 rings (SSSR count). The number of rotatable bonds is 2. The zero-order chi connectivity index (χ0) is 10.7.